The van der Waals surface area contributed by atoms with Crippen LogP contribution in [-0.2, 0) is 4.79 Å². The first kappa shape index (κ1) is 17.3. The maximum atomic E-state index is 12.2. The lowest BCUT2D eigenvalue weighted by Crippen LogP contribution is -2.31. The van der Waals surface area contributed by atoms with Crippen molar-refractivity contribution in [3.63, 3.8) is 0 Å². The van der Waals surface area contributed by atoms with Crippen LogP contribution in [0.4, 0.5) is 17.1 Å². The van der Waals surface area contributed by atoms with E-state index in [4.69, 9.17) is 4.74 Å². The number of non-ortho nitro benzene ring substituents is 1. The number of carbonyl (C=O) groups is 1. The summed E-state index contributed by atoms with van der Waals surface area (Å²) in [6, 6.07) is 12.6. The van der Waals surface area contributed by atoms with E-state index in [0.29, 0.717) is 12.3 Å². The number of amides is 1. The second-order valence-electron chi connectivity index (χ2n) is 5.12. The van der Waals surface area contributed by atoms with E-state index in [1.165, 1.54) is 18.2 Å². The second-order valence-corrected chi connectivity index (χ2v) is 5.12. The highest BCUT2D eigenvalue weighted by Crippen LogP contribution is 2.19. The molecule has 0 heterocycles. The minimum Gasteiger partial charge on any atom is -0.494 e. The summed E-state index contributed by atoms with van der Waals surface area (Å²) in [6.07, 6.45) is 0. The van der Waals surface area contributed by atoms with E-state index in [0.717, 1.165) is 11.4 Å². The highest BCUT2D eigenvalue weighted by Gasteiger charge is 2.14. The van der Waals surface area contributed by atoms with E-state index in [-0.39, 0.29) is 11.6 Å². The average Bonchev–Trinajstić information content (AvgIpc) is 2.57. The molecule has 7 nitrogen and oxygen atoms in total. The lowest BCUT2D eigenvalue weighted by molar-refractivity contribution is -0.384. The minimum absolute atomic E-state index is 0.0695. The van der Waals surface area contributed by atoms with Crippen molar-refractivity contribution in [2.75, 3.05) is 17.2 Å². The average molecular weight is 329 g/mol. The van der Waals surface area contributed by atoms with Crippen molar-refractivity contribution < 1.29 is 14.5 Å². The summed E-state index contributed by atoms with van der Waals surface area (Å²) in [4.78, 5) is 22.5. The van der Waals surface area contributed by atoms with Crippen LogP contribution in [0.25, 0.3) is 0 Å². The van der Waals surface area contributed by atoms with Crippen LogP contribution in [0.5, 0.6) is 5.75 Å². The van der Waals surface area contributed by atoms with E-state index in [1.54, 1.807) is 13.0 Å². The predicted molar refractivity (Wildman–Crippen MR) is 92.4 cm³/mol. The predicted octanol–water partition coefficient (Wildman–Crippen LogP) is 3.43. The van der Waals surface area contributed by atoms with Crippen molar-refractivity contribution in [2.24, 2.45) is 0 Å². The van der Waals surface area contributed by atoms with Crippen LogP contribution in [0.3, 0.4) is 0 Å². The van der Waals surface area contributed by atoms with Gasteiger partial charge in [0.25, 0.3) is 5.69 Å². The molecule has 1 amide bonds. The molecule has 0 aromatic heterocycles. The molecule has 0 aliphatic rings. The molecule has 0 saturated carbocycles. The third kappa shape index (κ3) is 4.70. The van der Waals surface area contributed by atoms with Crippen LogP contribution in [-0.4, -0.2) is 23.5 Å². The molecule has 0 bridgehead atoms. The molecular formula is C17H19N3O4. The standard InChI is InChI=1S/C17H19N3O4/c1-3-24-16-9-7-13(8-10-16)18-12(2)17(21)19-14-5-4-6-15(11-14)20(22)23/h4-12,18H,3H2,1-2H3,(H,19,21)/t12-/m0/s1. The number of nitro benzene ring substituents is 1. The molecule has 0 aliphatic carbocycles. The highest BCUT2D eigenvalue weighted by molar-refractivity contribution is 5.96. The first-order valence-electron chi connectivity index (χ1n) is 7.54. The van der Waals surface area contributed by atoms with Crippen molar-refractivity contribution in [2.45, 2.75) is 19.9 Å². The molecule has 0 fully saturated rings. The maximum Gasteiger partial charge on any atom is 0.271 e. The summed E-state index contributed by atoms with van der Waals surface area (Å²) >= 11 is 0. The van der Waals surface area contributed by atoms with Gasteiger partial charge in [0.2, 0.25) is 5.91 Å². The Bertz CT molecular complexity index is 716. The number of benzene rings is 2. The molecule has 0 aliphatic heterocycles. The number of rotatable bonds is 7. The topological polar surface area (TPSA) is 93.5 Å². The fraction of sp³-hybridized carbons (Fsp3) is 0.235. The van der Waals surface area contributed by atoms with Crippen LogP contribution in [0, 0.1) is 10.1 Å². The van der Waals surface area contributed by atoms with Crippen LogP contribution in [0.1, 0.15) is 13.8 Å². The number of nitro groups is 1. The van der Waals surface area contributed by atoms with Gasteiger partial charge in [0.1, 0.15) is 11.8 Å². The number of carbonyl (C=O) groups excluding carboxylic acids is 1. The largest absolute Gasteiger partial charge is 0.494 e. The van der Waals surface area contributed by atoms with Gasteiger partial charge in [-0.05, 0) is 44.2 Å². The van der Waals surface area contributed by atoms with E-state index < -0.39 is 11.0 Å². The van der Waals surface area contributed by atoms with E-state index in [2.05, 4.69) is 10.6 Å². The Morgan fingerprint density at radius 1 is 1.21 bits per heavy atom. The monoisotopic (exact) mass is 329 g/mol. The molecule has 2 aromatic rings. The first-order chi connectivity index (χ1) is 11.5. The van der Waals surface area contributed by atoms with Crippen molar-refractivity contribution >= 4 is 23.0 Å². The smallest absolute Gasteiger partial charge is 0.271 e. The normalized spacial score (nSPS) is 11.4. The summed E-state index contributed by atoms with van der Waals surface area (Å²) in [6.45, 7) is 4.21. The molecule has 2 aromatic carbocycles. The summed E-state index contributed by atoms with van der Waals surface area (Å²) < 4.78 is 5.36. The number of hydrogen-bond donors (Lipinski definition) is 2. The van der Waals surface area contributed by atoms with Crippen LogP contribution in [0.15, 0.2) is 48.5 Å². The molecule has 0 spiro atoms. The van der Waals surface area contributed by atoms with Crippen LogP contribution >= 0.6 is 0 Å². The third-order valence-corrected chi connectivity index (χ3v) is 3.27. The van der Waals surface area contributed by atoms with Gasteiger partial charge in [-0.25, -0.2) is 0 Å². The fourth-order valence-corrected chi connectivity index (χ4v) is 2.08. The fourth-order valence-electron chi connectivity index (χ4n) is 2.08. The number of nitrogens with zero attached hydrogens (tertiary/aromatic N) is 1. The molecule has 0 radical (unpaired) electrons. The Labute approximate surface area is 139 Å². The van der Waals surface area contributed by atoms with Crippen LogP contribution in [0.2, 0.25) is 0 Å². The Kier molecular flexibility index (Phi) is 5.73. The van der Waals surface area contributed by atoms with Crippen molar-refractivity contribution in [1.82, 2.24) is 0 Å². The van der Waals surface area contributed by atoms with Gasteiger partial charge < -0.3 is 15.4 Å². The van der Waals surface area contributed by atoms with Gasteiger partial charge in [0.05, 0.1) is 11.5 Å². The number of ether oxygens (including phenoxy) is 1. The third-order valence-electron chi connectivity index (χ3n) is 3.27. The van der Waals surface area contributed by atoms with Gasteiger partial charge in [-0.15, -0.1) is 0 Å². The van der Waals surface area contributed by atoms with Gasteiger partial charge in [0, 0.05) is 23.5 Å². The SMILES string of the molecule is CCOc1ccc(N[C@@H](C)C(=O)Nc2cccc([N+](=O)[O-])c2)cc1. The molecule has 2 rings (SSSR count). The zero-order valence-corrected chi connectivity index (χ0v) is 13.5. The summed E-state index contributed by atoms with van der Waals surface area (Å²) in [5.41, 5.74) is 1.09. The Morgan fingerprint density at radius 3 is 2.54 bits per heavy atom. The van der Waals surface area contributed by atoms with E-state index in [9.17, 15) is 14.9 Å². The molecule has 24 heavy (non-hydrogen) atoms. The Balaban J connectivity index is 1.96. The second kappa shape index (κ2) is 7.96. The molecule has 2 N–H and O–H groups in total. The lowest BCUT2D eigenvalue weighted by Gasteiger charge is -2.15. The van der Waals surface area contributed by atoms with Gasteiger partial charge in [-0.3, -0.25) is 14.9 Å². The Morgan fingerprint density at radius 2 is 1.92 bits per heavy atom. The molecule has 0 saturated heterocycles. The first-order valence-corrected chi connectivity index (χ1v) is 7.54. The van der Waals surface area contributed by atoms with Crippen LogP contribution < -0.4 is 15.4 Å². The lowest BCUT2D eigenvalue weighted by atomic mass is 10.2. The number of hydrogen-bond acceptors (Lipinski definition) is 5. The van der Waals surface area contributed by atoms with E-state index in [1.807, 2.05) is 31.2 Å². The molecule has 126 valence electrons. The molecule has 7 heteroatoms. The van der Waals surface area contributed by atoms with Crippen molar-refractivity contribution in [1.29, 1.82) is 0 Å². The molecule has 1 atom stereocenters. The molecule has 0 unspecified atom stereocenters. The van der Waals surface area contributed by atoms with Crippen molar-refractivity contribution in [3.8, 4) is 5.75 Å². The molecular weight excluding hydrogens is 310 g/mol. The van der Waals surface area contributed by atoms with Gasteiger partial charge >= 0.3 is 0 Å². The minimum atomic E-state index is -0.512. The quantitative estimate of drug-likeness (QED) is 0.599. The van der Waals surface area contributed by atoms with Crippen molar-refractivity contribution in [3.05, 3.63) is 58.6 Å². The Hall–Kier alpha value is -3.09. The zero-order chi connectivity index (χ0) is 17.5. The number of nitrogens with one attached hydrogen (secondary N) is 2. The maximum absolute atomic E-state index is 12.2. The van der Waals surface area contributed by atoms with Gasteiger partial charge in [-0.1, -0.05) is 6.07 Å². The number of anilines is 2. The van der Waals surface area contributed by atoms with Gasteiger partial charge in [0.15, 0.2) is 0 Å². The summed E-state index contributed by atoms with van der Waals surface area (Å²) in [5, 5.41) is 16.5. The summed E-state index contributed by atoms with van der Waals surface area (Å²) in [5.74, 6) is 0.473. The van der Waals surface area contributed by atoms with E-state index >= 15 is 0 Å². The summed E-state index contributed by atoms with van der Waals surface area (Å²) in [7, 11) is 0. The highest BCUT2D eigenvalue weighted by atomic mass is 16.6. The van der Waals surface area contributed by atoms with Gasteiger partial charge in [-0.2, -0.15) is 0 Å². The zero-order valence-electron chi connectivity index (χ0n) is 13.5.